The van der Waals surface area contributed by atoms with Crippen molar-refractivity contribution in [3.63, 3.8) is 0 Å². The summed E-state index contributed by atoms with van der Waals surface area (Å²) < 4.78 is 5.26. The quantitative estimate of drug-likeness (QED) is 0.907. The minimum atomic E-state index is 0.455. The SMILES string of the molecule is COc1ccc(Cl)cc1Cc1nccc(N)n1. The first-order chi connectivity index (χ1) is 8.19. The van der Waals surface area contributed by atoms with Crippen LogP contribution in [0.15, 0.2) is 30.5 Å². The number of ether oxygens (including phenoxy) is 1. The molecular formula is C12H12ClN3O. The highest BCUT2D eigenvalue weighted by Gasteiger charge is 2.07. The van der Waals surface area contributed by atoms with Crippen molar-refractivity contribution in [1.29, 1.82) is 0 Å². The van der Waals surface area contributed by atoms with Gasteiger partial charge in [0.1, 0.15) is 17.4 Å². The first-order valence-corrected chi connectivity index (χ1v) is 5.46. The van der Waals surface area contributed by atoms with Gasteiger partial charge in [0, 0.05) is 23.2 Å². The van der Waals surface area contributed by atoms with Crippen LogP contribution in [0, 0.1) is 0 Å². The molecule has 0 unspecified atom stereocenters. The summed E-state index contributed by atoms with van der Waals surface area (Å²) >= 11 is 5.95. The van der Waals surface area contributed by atoms with Gasteiger partial charge < -0.3 is 10.5 Å². The molecule has 0 aliphatic heterocycles. The number of nitrogens with two attached hydrogens (primary N) is 1. The lowest BCUT2D eigenvalue weighted by Crippen LogP contribution is -2.01. The standard InChI is InChI=1S/C12H12ClN3O/c1-17-10-3-2-9(13)6-8(10)7-12-15-5-4-11(14)16-12/h2-6H,7H2,1H3,(H2,14,15,16). The number of anilines is 1. The Bertz CT molecular complexity index is 531. The minimum Gasteiger partial charge on any atom is -0.496 e. The van der Waals surface area contributed by atoms with Crippen LogP contribution in [0.3, 0.4) is 0 Å². The predicted molar refractivity (Wildman–Crippen MR) is 67.3 cm³/mol. The second-order valence-corrected chi connectivity index (χ2v) is 3.97. The Hall–Kier alpha value is -1.81. The van der Waals surface area contributed by atoms with Gasteiger partial charge >= 0.3 is 0 Å². The molecule has 17 heavy (non-hydrogen) atoms. The molecule has 2 aromatic rings. The van der Waals surface area contributed by atoms with Gasteiger partial charge in [-0.3, -0.25) is 0 Å². The fourth-order valence-electron chi connectivity index (χ4n) is 1.56. The lowest BCUT2D eigenvalue weighted by atomic mass is 10.1. The van der Waals surface area contributed by atoms with E-state index in [4.69, 9.17) is 22.1 Å². The first-order valence-electron chi connectivity index (χ1n) is 5.09. The van der Waals surface area contributed by atoms with Crippen LogP contribution in [0.4, 0.5) is 5.82 Å². The smallest absolute Gasteiger partial charge is 0.135 e. The fraction of sp³-hybridized carbons (Fsp3) is 0.167. The monoisotopic (exact) mass is 249 g/mol. The molecule has 0 spiro atoms. The van der Waals surface area contributed by atoms with Crippen LogP contribution >= 0.6 is 11.6 Å². The van der Waals surface area contributed by atoms with E-state index in [0.717, 1.165) is 11.3 Å². The van der Waals surface area contributed by atoms with Crippen LogP contribution in [0.25, 0.3) is 0 Å². The van der Waals surface area contributed by atoms with Crippen LogP contribution in [0.2, 0.25) is 5.02 Å². The number of nitrogen functional groups attached to an aromatic ring is 1. The van der Waals surface area contributed by atoms with Crippen molar-refractivity contribution in [2.45, 2.75) is 6.42 Å². The van der Waals surface area contributed by atoms with Gasteiger partial charge in [0.2, 0.25) is 0 Å². The minimum absolute atomic E-state index is 0.455. The van der Waals surface area contributed by atoms with Crippen LogP contribution in [-0.4, -0.2) is 17.1 Å². The molecule has 0 radical (unpaired) electrons. The molecule has 0 bridgehead atoms. The second kappa shape index (κ2) is 5.01. The molecule has 1 aromatic carbocycles. The third-order valence-corrected chi connectivity index (χ3v) is 2.55. The number of hydrogen-bond acceptors (Lipinski definition) is 4. The number of nitrogens with zero attached hydrogens (tertiary/aromatic N) is 2. The maximum absolute atomic E-state index is 5.95. The van der Waals surface area contributed by atoms with Gasteiger partial charge in [0.25, 0.3) is 0 Å². The summed E-state index contributed by atoms with van der Waals surface area (Å²) in [5, 5.41) is 0.657. The number of halogens is 1. The summed E-state index contributed by atoms with van der Waals surface area (Å²) in [4.78, 5) is 8.29. The van der Waals surface area contributed by atoms with Crippen molar-refractivity contribution >= 4 is 17.4 Å². The third kappa shape index (κ3) is 2.85. The van der Waals surface area contributed by atoms with E-state index < -0.39 is 0 Å². The van der Waals surface area contributed by atoms with E-state index in [1.54, 1.807) is 25.4 Å². The highest BCUT2D eigenvalue weighted by atomic mass is 35.5. The van der Waals surface area contributed by atoms with Crippen molar-refractivity contribution in [2.75, 3.05) is 12.8 Å². The largest absolute Gasteiger partial charge is 0.496 e. The molecule has 4 nitrogen and oxygen atoms in total. The van der Waals surface area contributed by atoms with Gasteiger partial charge in [-0.2, -0.15) is 0 Å². The predicted octanol–water partition coefficient (Wildman–Crippen LogP) is 2.31. The molecule has 2 rings (SSSR count). The Morgan fingerprint density at radius 3 is 2.88 bits per heavy atom. The Morgan fingerprint density at radius 1 is 1.35 bits per heavy atom. The number of methoxy groups -OCH3 is 1. The lowest BCUT2D eigenvalue weighted by molar-refractivity contribution is 0.410. The zero-order chi connectivity index (χ0) is 12.3. The van der Waals surface area contributed by atoms with Crippen LogP contribution in [0.1, 0.15) is 11.4 Å². The van der Waals surface area contributed by atoms with Crippen molar-refractivity contribution in [2.24, 2.45) is 0 Å². The zero-order valence-corrected chi connectivity index (χ0v) is 10.1. The molecule has 0 atom stereocenters. The molecule has 1 heterocycles. The van der Waals surface area contributed by atoms with Gasteiger partial charge in [0.05, 0.1) is 7.11 Å². The first kappa shape index (κ1) is 11.7. The molecule has 0 saturated heterocycles. The molecule has 1 aromatic heterocycles. The molecule has 0 aliphatic carbocycles. The summed E-state index contributed by atoms with van der Waals surface area (Å²) in [5.41, 5.74) is 6.54. The van der Waals surface area contributed by atoms with Gasteiger partial charge in [-0.15, -0.1) is 0 Å². The molecule has 88 valence electrons. The van der Waals surface area contributed by atoms with E-state index in [-0.39, 0.29) is 0 Å². The Morgan fingerprint density at radius 2 is 2.18 bits per heavy atom. The van der Waals surface area contributed by atoms with E-state index in [9.17, 15) is 0 Å². The molecule has 0 fully saturated rings. The fourth-order valence-corrected chi connectivity index (χ4v) is 1.75. The summed E-state index contributed by atoms with van der Waals surface area (Å²) in [5.74, 6) is 1.86. The summed E-state index contributed by atoms with van der Waals surface area (Å²) in [6, 6.07) is 7.10. The topological polar surface area (TPSA) is 61.0 Å². The van der Waals surface area contributed by atoms with E-state index >= 15 is 0 Å². The van der Waals surface area contributed by atoms with E-state index in [0.29, 0.717) is 23.1 Å². The Kier molecular flexibility index (Phi) is 3.44. The van der Waals surface area contributed by atoms with E-state index in [1.165, 1.54) is 0 Å². The number of aromatic nitrogens is 2. The number of hydrogen-bond donors (Lipinski definition) is 1. The van der Waals surface area contributed by atoms with Gasteiger partial charge in [-0.05, 0) is 24.3 Å². The van der Waals surface area contributed by atoms with Gasteiger partial charge in [-0.1, -0.05) is 11.6 Å². The molecule has 0 saturated carbocycles. The number of rotatable bonds is 3. The summed E-state index contributed by atoms with van der Waals surface area (Å²) in [6.07, 6.45) is 2.17. The highest BCUT2D eigenvalue weighted by molar-refractivity contribution is 6.30. The van der Waals surface area contributed by atoms with Gasteiger partial charge in [-0.25, -0.2) is 9.97 Å². The van der Waals surface area contributed by atoms with Crippen LogP contribution in [0.5, 0.6) is 5.75 Å². The maximum atomic E-state index is 5.95. The average molecular weight is 250 g/mol. The zero-order valence-electron chi connectivity index (χ0n) is 9.35. The second-order valence-electron chi connectivity index (χ2n) is 3.53. The van der Waals surface area contributed by atoms with E-state index in [2.05, 4.69) is 9.97 Å². The average Bonchev–Trinajstić information content (AvgIpc) is 2.29. The lowest BCUT2D eigenvalue weighted by Gasteiger charge is -2.08. The van der Waals surface area contributed by atoms with Crippen molar-refractivity contribution in [3.05, 3.63) is 46.9 Å². The molecule has 0 amide bonds. The number of benzene rings is 1. The van der Waals surface area contributed by atoms with E-state index in [1.807, 2.05) is 12.1 Å². The van der Waals surface area contributed by atoms with Crippen molar-refractivity contribution < 1.29 is 4.74 Å². The molecular weight excluding hydrogens is 238 g/mol. The van der Waals surface area contributed by atoms with Crippen molar-refractivity contribution in [1.82, 2.24) is 9.97 Å². The summed E-state index contributed by atoms with van der Waals surface area (Å²) in [6.45, 7) is 0. The highest BCUT2D eigenvalue weighted by Crippen LogP contribution is 2.24. The van der Waals surface area contributed by atoms with Crippen LogP contribution < -0.4 is 10.5 Å². The molecule has 5 heteroatoms. The van der Waals surface area contributed by atoms with Crippen LogP contribution in [-0.2, 0) is 6.42 Å². The normalized spacial score (nSPS) is 10.2. The third-order valence-electron chi connectivity index (χ3n) is 2.32. The Labute approximate surface area is 104 Å². The maximum Gasteiger partial charge on any atom is 0.135 e. The summed E-state index contributed by atoms with van der Waals surface area (Å²) in [7, 11) is 1.62. The van der Waals surface area contributed by atoms with Crippen molar-refractivity contribution in [3.8, 4) is 5.75 Å². The molecule has 2 N–H and O–H groups in total. The molecule has 0 aliphatic rings. The van der Waals surface area contributed by atoms with Gasteiger partial charge in [0.15, 0.2) is 0 Å². The Balaban J connectivity index is 2.32.